The number of rotatable bonds is 3. The number of amides is 1. The normalized spacial score (nSPS) is 18.2. The van der Waals surface area contributed by atoms with Gasteiger partial charge in [-0.3, -0.25) is 9.36 Å². The lowest BCUT2D eigenvalue weighted by Crippen LogP contribution is -2.48. The van der Waals surface area contributed by atoms with Gasteiger partial charge in [0.15, 0.2) is 0 Å². The maximum absolute atomic E-state index is 12.8. The fraction of sp³-hybridized carbons (Fsp3) is 0.333. The van der Waals surface area contributed by atoms with Crippen molar-refractivity contribution in [2.24, 2.45) is 0 Å². The number of carbonyl (C=O) groups excluding carboxylic acids is 1. The Morgan fingerprint density at radius 2 is 1.86 bits per heavy atom. The van der Waals surface area contributed by atoms with Crippen molar-refractivity contribution < 1.29 is 14.7 Å². The van der Waals surface area contributed by atoms with Crippen LogP contribution in [0.5, 0.6) is 0 Å². The SMILES string of the molecule is O=C(O)[C@H]1CCCCN1C(=O)c1ccccc1-n1cnnc1. The van der Waals surface area contributed by atoms with Gasteiger partial charge in [0.1, 0.15) is 18.7 Å². The highest BCUT2D eigenvalue weighted by Gasteiger charge is 2.33. The van der Waals surface area contributed by atoms with Crippen LogP contribution >= 0.6 is 0 Å². The number of piperidine rings is 1. The zero-order chi connectivity index (χ0) is 15.5. The minimum atomic E-state index is -0.949. The van der Waals surface area contributed by atoms with Crippen LogP contribution in [0, 0.1) is 0 Å². The Hall–Kier alpha value is -2.70. The number of hydrogen-bond donors (Lipinski definition) is 1. The van der Waals surface area contributed by atoms with E-state index in [0.29, 0.717) is 24.2 Å². The van der Waals surface area contributed by atoms with E-state index in [1.165, 1.54) is 17.6 Å². The van der Waals surface area contributed by atoms with Gasteiger partial charge in [0.2, 0.25) is 0 Å². The molecule has 1 aromatic heterocycles. The summed E-state index contributed by atoms with van der Waals surface area (Å²) in [7, 11) is 0. The Labute approximate surface area is 127 Å². The molecule has 1 atom stereocenters. The van der Waals surface area contributed by atoms with Crippen LogP contribution in [-0.2, 0) is 4.79 Å². The van der Waals surface area contributed by atoms with E-state index in [0.717, 1.165) is 12.8 Å². The largest absolute Gasteiger partial charge is 0.480 e. The molecule has 2 heterocycles. The molecule has 7 heteroatoms. The molecule has 1 fully saturated rings. The Bertz CT molecular complexity index is 684. The standard InChI is InChI=1S/C15H16N4O3/c20-14(19-8-4-3-7-13(19)15(21)22)11-5-1-2-6-12(11)18-9-16-17-10-18/h1-2,5-6,9-10,13H,3-4,7-8H2,(H,21,22)/t13-/m1/s1. The lowest BCUT2D eigenvalue weighted by Gasteiger charge is -2.33. The van der Waals surface area contributed by atoms with Crippen molar-refractivity contribution in [3.8, 4) is 5.69 Å². The quantitative estimate of drug-likeness (QED) is 0.924. The number of para-hydroxylation sites is 1. The highest BCUT2D eigenvalue weighted by Crippen LogP contribution is 2.23. The molecule has 0 aliphatic carbocycles. The first kappa shape index (κ1) is 14.2. The maximum atomic E-state index is 12.8. The summed E-state index contributed by atoms with van der Waals surface area (Å²) in [5.74, 6) is -1.22. The van der Waals surface area contributed by atoms with Crippen LogP contribution in [0.4, 0.5) is 0 Å². The molecule has 1 aliphatic heterocycles. The van der Waals surface area contributed by atoms with Crippen molar-refractivity contribution in [1.82, 2.24) is 19.7 Å². The van der Waals surface area contributed by atoms with Crippen LogP contribution in [0.25, 0.3) is 5.69 Å². The second kappa shape index (κ2) is 5.97. The predicted molar refractivity (Wildman–Crippen MR) is 77.7 cm³/mol. The van der Waals surface area contributed by atoms with Crippen LogP contribution < -0.4 is 0 Å². The molecule has 1 aromatic carbocycles. The van der Waals surface area contributed by atoms with Gasteiger partial charge >= 0.3 is 5.97 Å². The van der Waals surface area contributed by atoms with Gasteiger partial charge in [0, 0.05) is 6.54 Å². The molecule has 2 aromatic rings. The summed E-state index contributed by atoms with van der Waals surface area (Å²) in [6.45, 7) is 0.465. The summed E-state index contributed by atoms with van der Waals surface area (Å²) in [5, 5.41) is 16.8. The number of nitrogens with zero attached hydrogens (tertiary/aromatic N) is 4. The van der Waals surface area contributed by atoms with Gasteiger partial charge in [-0.25, -0.2) is 4.79 Å². The highest BCUT2D eigenvalue weighted by molar-refractivity contribution is 5.99. The van der Waals surface area contributed by atoms with Crippen LogP contribution in [0.1, 0.15) is 29.6 Å². The van der Waals surface area contributed by atoms with Crippen LogP contribution in [0.2, 0.25) is 0 Å². The Morgan fingerprint density at radius 1 is 1.14 bits per heavy atom. The Morgan fingerprint density at radius 3 is 2.59 bits per heavy atom. The summed E-state index contributed by atoms with van der Waals surface area (Å²) in [5.41, 5.74) is 1.10. The highest BCUT2D eigenvalue weighted by atomic mass is 16.4. The maximum Gasteiger partial charge on any atom is 0.326 e. The lowest BCUT2D eigenvalue weighted by atomic mass is 10.0. The van der Waals surface area contributed by atoms with E-state index in [9.17, 15) is 14.7 Å². The number of carboxylic acid groups (broad SMARTS) is 1. The first-order chi connectivity index (χ1) is 10.7. The number of carboxylic acids is 1. The van der Waals surface area contributed by atoms with Gasteiger partial charge in [-0.15, -0.1) is 10.2 Å². The number of aliphatic carboxylic acids is 1. The number of aromatic nitrogens is 3. The zero-order valence-electron chi connectivity index (χ0n) is 11.9. The van der Waals surface area contributed by atoms with Gasteiger partial charge in [-0.05, 0) is 31.4 Å². The molecule has 1 saturated heterocycles. The van der Waals surface area contributed by atoms with Crippen molar-refractivity contribution in [1.29, 1.82) is 0 Å². The minimum Gasteiger partial charge on any atom is -0.480 e. The Balaban J connectivity index is 1.97. The third-order valence-corrected chi connectivity index (χ3v) is 3.88. The second-order valence-corrected chi connectivity index (χ2v) is 5.23. The molecule has 0 spiro atoms. The van der Waals surface area contributed by atoms with Crippen LogP contribution in [0.3, 0.4) is 0 Å². The molecular formula is C15H16N4O3. The molecule has 0 bridgehead atoms. The molecule has 1 aliphatic rings. The first-order valence-electron chi connectivity index (χ1n) is 7.16. The van der Waals surface area contributed by atoms with Gasteiger partial charge in [-0.2, -0.15) is 0 Å². The number of hydrogen-bond acceptors (Lipinski definition) is 4. The van der Waals surface area contributed by atoms with Crippen molar-refractivity contribution in [3.63, 3.8) is 0 Å². The Kier molecular flexibility index (Phi) is 3.86. The van der Waals surface area contributed by atoms with Gasteiger partial charge in [-0.1, -0.05) is 12.1 Å². The molecule has 0 unspecified atom stereocenters. The number of benzene rings is 1. The fourth-order valence-corrected chi connectivity index (χ4v) is 2.79. The minimum absolute atomic E-state index is 0.267. The van der Waals surface area contributed by atoms with E-state index in [-0.39, 0.29) is 5.91 Å². The van der Waals surface area contributed by atoms with Crippen molar-refractivity contribution >= 4 is 11.9 Å². The third kappa shape index (κ3) is 2.57. The fourth-order valence-electron chi connectivity index (χ4n) is 2.79. The monoisotopic (exact) mass is 300 g/mol. The molecule has 3 rings (SSSR count). The predicted octanol–water partition coefficient (Wildman–Crippen LogP) is 1.35. The second-order valence-electron chi connectivity index (χ2n) is 5.23. The summed E-state index contributed by atoms with van der Waals surface area (Å²) >= 11 is 0. The van der Waals surface area contributed by atoms with Crippen molar-refractivity contribution in [3.05, 3.63) is 42.5 Å². The molecule has 114 valence electrons. The van der Waals surface area contributed by atoms with Gasteiger partial charge < -0.3 is 10.0 Å². The smallest absolute Gasteiger partial charge is 0.326 e. The molecule has 1 amide bonds. The topological polar surface area (TPSA) is 88.3 Å². The summed E-state index contributed by atoms with van der Waals surface area (Å²) in [6, 6.07) is 6.31. The third-order valence-electron chi connectivity index (χ3n) is 3.88. The zero-order valence-corrected chi connectivity index (χ0v) is 11.9. The molecule has 0 saturated carbocycles. The van der Waals surface area contributed by atoms with E-state index < -0.39 is 12.0 Å². The molecule has 1 N–H and O–H groups in total. The van der Waals surface area contributed by atoms with Gasteiger partial charge in [0.25, 0.3) is 5.91 Å². The van der Waals surface area contributed by atoms with E-state index in [1.807, 2.05) is 6.07 Å². The summed E-state index contributed by atoms with van der Waals surface area (Å²) in [4.78, 5) is 25.7. The van der Waals surface area contributed by atoms with E-state index in [1.54, 1.807) is 22.8 Å². The van der Waals surface area contributed by atoms with Crippen molar-refractivity contribution in [2.75, 3.05) is 6.54 Å². The van der Waals surface area contributed by atoms with E-state index >= 15 is 0 Å². The van der Waals surface area contributed by atoms with E-state index in [2.05, 4.69) is 10.2 Å². The van der Waals surface area contributed by atoms with Crippen LogP contribution in [-0.4, -0.2) is 49.2 Å². The molecule has 22 heavy (non-hydrogen) atoms. The van der Waals surface area contributed by atoms with Crippen molar-refractivity contribution in [2.45, 2.75) is 25.3 Å². The summed E-state index contributed by atoms with van der Waals surface area (Å²) in [6.07, 6.45) is 5.17. The first-order valence-corrected chi connectivity index (χ1v) is 7.16. The average Bonchev–Trinajstić information content (AvgIpc) is 3.08. The van der Waals surface area contributed by atoms with Crippen LogP contribution in [0.15, 0.2) is 36.9 Å². The van der Waals surface area contributed by atoms with E-state index in [4.69, 9.17) is 0 Å². The molecule has 7 nitrogen and oxygen atoms in total. The molecular weight excluding hydrogens is 284 g/mol. The number of carbonyl (C=O) groups is 2. The average molecular weight is 300 g/mol. The van der Waals surface area contributed by atoms with Gasteiger partial charge in [0.05, 0.1) is 11.3 Å². The molecule has 0 radical (unpaired) electrons. The lowest BCUT2D eigenvalue weighted by molar-refractivity contribution is -0.143. The summed E-state index contributed by atoms with van der Waals surface area (Å²) < 4.78 is 1.65. The number of likely N-dealkylation sites (tertiary alicyclic amines) is 1.